The molecule has 0 radical (unpaired) electrons. The van der Waals surface area contributed by atoms with Gasteiger partial charge in [0.1, 0.15) is 5.82 Å². The van der Waals surface area contributed by atoms with Crippen molar-refractivity contribution < 1.29 is 31.8 Å². The third-order valence-electron chi connectivity index (χ3n) is 1.64. The fraction of sp³-hybridized carbons (Fsp3) is 0.300. The van der Waals surface area contributed by atoms with Crippen molar-refractivity contribution in [1.29, 1.82) is 0 Å². The second-order valence-electron chi connectivity index (χ2n) is 2.91. The van der Waals surface area contributed by atoms with E-state index in [4.69, 9.17) is 0 Å². The summed E-state index contributed by atoms with van der Waals surface area (Å²) in [6.07, 6.45) is -4.37. The summed E-state index contributed by atoms with van der Waals surface area (Å²) in [5.41, 5.74) is 0. The Labute approximate surface area is 93.9 Å². The fourth-order valence-electron chi connectivity index (χ4n) is 0.950. The van der Waals surface area contributed by atoms with Crippen LogP contribution in [0.3, 0.4) is 0 Å². The number of carbonyl (C=O) groups excluding carboxylic acids is 1. The second kappa shape index (κ2) is 5.03. The molecule has 0 bridgehead atoms. The minimum atomic E-state index is -4.37. The molecule has 0 N–H and O–H groups in total. The summed E-state index contributed by atoms with van der Waals surface area (Å²) in [4.78, 5) is 10.8. The zero-order valence-electron chi connectivity index (χ0n) is 8.68. The molecule has 0 aliphatic carbocycles. The smallest absolute Gasteiger partial charge is 0.459 e. The number of carbonyl (C=O) groups is 1. The number of rotatable bonds is 4. The molecular formula is C10H8F4O3. The van der Waals surface area contributed by atoms with E-state index in [1.807, 2.05) is 0 Å². The Hall–Kier alpha value is -1.79. The average Bonchev–Trinajstić information content (AvgIpc) is 2.23. The van der Waals surface area contributed by atoms with Gasteiger partial charge in [-0.2, -0.15) is 8.78 Å². The van der Waals surface area contributed by atoms with Crippen LogP contribution in [-0.4, -0.2) is 18.7 Å². The molecule has 0 spiro atoms. The Morgan fingerprint density at radius 3 is 2.59 bits per heavy atom. The van der Waals surface area contributed by atoms with Crippen LogP contribution in [0.25, 0.3) is 0 Å². The number of benzene rings is 1. The summed E-state index contributed by atoms with van der Waals surface area (Å²) in [5.74, 6) is -5.22. The quantitative estimate of drug-likeness (QED) is 0.610. The first-order chi connectivity index (χ1) is 7.86. The van der Waals surface area contributed by atoms with Crippen LogP contribution in [0.15, 0.2) is 18.2 Å². The Morgan fingerprint density at radius 1 is 1.35 bits per heavy atom. The van der Waals surface area contributed by atoms with Crippen LogP contribution in [-0.2, 0) is 9.53 Å². The van der Waals surface area contributed by atoms with Crippen LogP contribution in [0.1, 0.15) is 6.92 Å². The minimum Gasteiger partial charge on any atom is -0.459 e. The molecule has 0 saturated heterocycles. The highest BCUT2D eigenvalue weighted by molar-refractivity contribution is 5.76. The first-order valence-corrected chi connectivity index (χ1v) is 4.56. The molecule has 0 saturated carbocycles. The van der Waals surface area contributed by atoms with Crippen molar-refractivity contribution in [3.63, 3.8) is 0 Å². The predicted octanol–water partition coefficient (Wildman–Crippen LogP) is 2.50. The highest BCUT2D eigenvalue weighted by Crippen LogP contribution is 2.26. The third kappa shape index (κ3) is 3.33. The number of ether oxygens (including phenoxy) is 2. The molecule has 17 heavy (non-hydrogen) atoms. The summed E-state index contributed by atoms with van der Waals surface area (Å²) < 4.78 is 59.5. The van der Waals surface area contributed by atoms with E-state index in [1.54, 1.807) is 0 Å². The van der Waals surface area contributed by atoms with Crippen LogP contribution in [0.5, 0.6) is 5.75 Å². The van der Waals surface area contributed by atoms with Gasteiger partial charge in [-0.3, -0.25) is 0 Å². The highest BCUT2D eigenvalue weighted by atomic mass is 19.3. The number of hydrogen-bond donors (Lipinski definition) is 0. The van der Waals surface area contributed by atoms with Crippen LogP contribution in [0, 0.1) is 11.6 Å². The number of hydrogen-bond acceptors (Lipinski definition) is 3. The third-order valence-corrected chi connectivity index (χ3v) is 1.64. The molecule has 0 aromatic heterocycles. The lowest BCUT2D eigenvalue weighted by molar-refractivity contribution is -0.217. The lowest BCUT2D eigenvalue weighted by atomic mass is 10.3. The molecule has 1 rings (SSSR count). The molecule has 0 aliphatic rings. The van der Waals surface area contributed by atoms with Crippen molar-refractivity contribution in [2.45, 2.75) is 13.0 Å². The van der Waals surface area contributed by atoms with Crippen molar-refractivity contribution in [2.24, 2.45) is 0 Å². The fourth-order valence-corrected chi connectivity index (χ4v) is 0.950. The van der Waals surface area contributed by atoms with Crippen LogP contribution in [0.2, 0.25) is 0 Å². The van der Waals surface area contributed by atoms with Crippen molar-refractivity contribution in [3.05, 3.63) is 29.8 Å². The molecule has 7 heteroatoms. The summed E-state index contributed by atoms with van der Waals surface area (Å²) >= 11 is 0. The first kappa shape index (κ1) is 13.3. The van der Waals surface area contributed by atoms with E-state index in [9.17, 15) is 22.4 Å². The van der Waals surface area contributed by atoms with Crippen LogP contribution in [0.4, 0.5) is 17.6 Å². The molecular weight excluding hydrogens is 244 g/mol. The summed E-state index contributed by atoms with van der Waals surface area (Å²) in [5, 5.41) is 0. The minimum absolute atomic E-state index is 0.288. The zero-order valence-corrected chi connectivity index (χ0v) is 8.68. The van der Waals surface area contributed by atoms with Gasteiger partial charge in [0.05, 0.1) is 6.61 Å². The maximum atomic E-state index is 13.0. The molecule has 0 atom stereocenters. The van der Waals surface area contributed by atoms with Crippen molar-refractivity contribution in [2.75, 3.05) is 6.61 Å². The zero-order chi connectivity index (χ0) is 13.1. The monoisotopic (exact) mass is 252 g/mol. The lowest BCUT2D eigenvalue weighted by Crippen LogP contribution is -2.37. The molecule has 0 aliphatic heterocycles. The number of halogens is 4. The van der Waals surface area contributed by atoms with E-state index < -0.39 is 29.5 Å². The average molecular weight is 252 g/mol. The van der Waals surface area contributed by atoms with E-state index in [-0.39, 0.29) is 6.61 Å². The van der Waals surface area contributed by atoms with Gasteiger partial charge in [-0.15, -0.1) is 0 Å². The highest BCUT2D eigenvalue weighted by Gasteiger charge is 2.44. The Balaban J connectivity index is 2.89. The van der Waals surface area contributed by atoms with Crippen molar-refractivity contribution in [3.8, 4) is 5.75 Å². The van der Waals surface area contributed by atoms with Gasteiger partial charge in [-0.1, -0.05) is 0 Å². The SMILES string of the molecule is CCOC(=O)C(F)(F)Oc1cc(F)ccc1F. The van der Waals surface area contributed by atoms with E-state index in [0.717, 1.165) is 6.07 Å². The standard InChI is InChI=1S/C10H8F4O3/c1-2-16-9(15)10(13,14)17-8-5-6(11)3-4-7(8)12/h3-5H,2H2,1H3. The maximum Gasteiger partial charge on any atom is 0.502 e. The largest absolute Gasteiger partial charge is 0.502 e. The molecule has 3 nitrogen and oxygen atoms in total. The van der Waals surface area contributed by atoms with Gasteiger partial charge < -0.3 is 9.47 Å². The van der Waals surface area contributed by atoms with Gasteiger partial charge in [0.15, 0.2) is 11.6 Å². The van der Waals surface area contributed by atoms with Gasteiger partial charge in [0, 0.05) is 6.07 Å². The normalized spacial score (nSPS) is 11.1. The Bertz CT molecular complexity index is 420. The van der Waals surface area contributed by atoms with E-state index in [2.05, 4.69) is 9.47 Å². The maximum absolute atomic E-state index is 13.0. The number of esters is 1. The lowest BCUT2D eigenvalue weighted by Gasteiger charge is -2.16. The van der Waals surface area contributed by atoms with Gasteiger partial charge in [0.2, 0.25) is 0 Å². The van der Waals surface area contributed by atoms with Crippen LogP contribution >= 0.6 is 0 Å². The first-order valence-electron chi connectivity index (χ1n) is 4.56. The molecule has 1 aromatic carbocycles. The van der Waals surface area contributed by atoms with E-state index in [1.165, 1.54) is 6.92 Å². The summed E-state index contributed by atoms with van der Waals surface area (Å²) in [6.45, 7) is 1.03. The molecule has 0 unspecified atom stereocenters. The van der Waals surface area contributed by atoms with Gasteiger partial charge in [-0.25, -0.2) is 13.6 Å². The topological polar surface area (TPSA) is 35.5 Å². The van der Waals surface area contributed by atoms with Gasteiger partial charge in [-0.05, 0) is 19.1 Å². The molecule has 0 amide bonds. The molecule has 94 valence electrons. The van der Waals surface area contributed by atoms with Gasteiger partial charge in [0.25, 0.3) is 0 Å². The Morgan fingerprint density at radius 2 is 2.00 bits per heavy atom. The van der Waals surface area contributed by atoms with Crippen molar-refractivity contribution >= 4 is 5.97 Å². The summed E-state index contributed by atoms with van der Waals surface area (Å²) in [7, 11) is 0. The van der Waals surface area contributed by atoms with Gasteiger partial charge >= 0.3 is 12.1 Å². The predicted molar refractivity (Wildman–Crippen MR) is 48.6 cm³/mol. The summed E-state index contributed by atoms with van der Waals surface area (Å²) in [6, 6.07) is 1.74. The van der Waals surface area contributed by atoms with E-state index in [0.29, 0.717) is 12.1 Å². The molecule has 0 fully saturated rings. The number of alkyl halides is 2. The van der Waals surface area contributed by atoms with E-state index >= 15 is 0 Å². The van der Waals surface area contributed by atoms with Crippen molar-refractivity contribution in [1.82, 2.24) is 0 Å². The second-order valence-corrected chi connectivity index (χ2v) is 2.91. The Kier molecular flexibility index (Phi) is 3.93. The molecule has 1 aromatic rings. The van der Waals surface area contributed by atoms with Crippen LogP contribution < -0.4 is 4.74 Å². The molecule has 0 heterocycles.